The second-order valence-electron chi connectivity index (χ2n) is 7.48. The highest BCUT2D eigenvalue weighted by Crippen LogP contribution is 2.19. The largest absolute Gasteiger partial charge is 0.445 e. The number of hydrogen-bond acceptors (Lipinski definition) is 5. The fourth-order valence-corrected chi connectivity index (χ4v) is 3.26. The molecule has 30 heavy (non-hydrogen) atoms. The molecule has 0 radical (unpaired) electrons. The standard InChI is InChI=1S/C23H30N4O3/c1-26-14-16-27(17-15-26)21-11-9-20(10-12-21)25-22(28)8-5-13-24-23(29)30-18-19-6-3-2-4-7-19/h2-4,6-7,9-12H,5,8,13-18H2,1H3,(H,24,29)(H,25,28). The van der Waals surface area contributed by atoms with Crippen molar-refractivity contribution in [3.63, 3.8) is 0 Å². The number of nitrogens with zero attached hydrogens (tertiary/aromatic N) is 2. The van der Waals surface area contributed by atoms with E-state index in [2.05, 4.69) is 27.5 Å². The first-order valence-electron chi connectivity index (χ1n) is 10.4. The number of carbonyl (C=O) groups is 2. The quantitative estimate of drug-likeness (QED) is 0.655. The van der Waals surface area contributed by atoms with E-state index in [1.165, 1.54) is 5.69 Å². The molecule has 0 saturated carbocycles. The molecule has 160 valence electrons. The van der Waals surface area contributed by atoms with Gasteiger partial charge in [-0.15, -0.1) is 0 Å². The van der Waals surface area contributed by atoms with Crippen molar-refractivity contribution < 1.29 is 14.3 Å². The third kappa shape index (κ3) is 7.08. The molecular weight excluding hydrogens is 380 g/mol. The van der Waals surface area contributed by atoms with Crippen LogP contribution in [-0.4, -0.2) is 56.7 Å². The number of piperazine rings is 1. The third-order valence-corrected chi connectivity index (χ3v) is 5.08. The summed E-state index contributed by atoms with van der Waals surface area (Å²) in [6, 6.07) is 17.5. The van der Waals surface area contributed by atoms with Crippen molar-refractivity contribution in [1.29, 1.82) is 0 Å². The maximum atomic E-state index is 12.1. The maximum absolute atomic E-state index is 12.1. The Morgan fingerprint density at radius 2 is 1.67 bits per heavy atom. The highest BCUT2D eigenvalue weighted by molar-refractivity contribution is 5.90. The van der Waals surface area contributed by atoms with Gasteiger partial charge in [-0.05, 0) is 43.3 Å². The summed E-state index contributed by atoms with van der Waals surface area (Å²) in [6.45, 7) is 4.78. The number of benzene rings is 2. The molecule has 1 aliphatic heterocycles. The Morgan fingerprint density at radius 3 is 2.37 bits per heavy atom. The Morgan fingerprint density at radius 1 is 0.967 bits per heavy atom. The van der Waals surface area contributed by atoms with Gasteiger partial charge in [0.2, 0.25) is 5.91 Å². The Bertz CT molecular complexity index is 803. The van der Waals surface area contributed by atoms with E-state index >= 15 is 0 Å². The summed E-state index contributed by atoms with van der Waals surface area (Å²) in [5.41, 5.74) is 2.90. The van der Waals surface area contributed by atoms with E-state index < -0.39 is 6.09 Å². The van der Waals surface area contributed by atoms with Gasteiger partial charge in [0.05, 0.1) is 0 Å². The minimum absolute atomic E-state index is 0.0678. The predicted octanol–water partition coefficient (Wildman–Crippen LogP) is 3.08. The fourth-order valence-electron chi connectivity index (χ4n) is 3.26. The van der Waals surface area contributed by atoms with Crippen LogP contribution in [0.15, 0.2) is 54.6 Å². The zero-order valence-electron chi connectivity index (χ0n) is 17.5. The number of amides is 2. The van der Waals surface area contributed by atoms with E-state index in [1.807, 2.05) is 54.6 Å². The minimum atomic E-state index is -0.473. The Labute approximate surface area is 178 Å². The molecule has 0 aliphatic carbocycles. The number of alkyl carbamates (subject to hydrolysis) is 1. The molecule has 2 N–H and O–H groups in total. The molecule has 2 aromatic carbocycles. The Hall–Kier alpha value is -3.06. The van der Waals surface area contributed by atoms with E-state index in [9.17, 15) is 9.59 Å². The van der Waals surface area contributed by atoms with E-state index in [0.717, 1.165) is 37.4 Å². The van der Waals surface area contributed by atoms with E-state index in [-0.39, 0.29) is 12.5 Å². The minimum Gasteiger partial charge on any atom is -0.445 e. The van der Waals surface area contributed by atoms with Crippen LogP contribution in [0.4, 0.5) is 16.2 Å². The molecule has 0 spiro atoms. The highest BCUT2D eigenvalue weighted by atomic mass is 16.5. The van der Waals surface area contributed by atoms with Gasteiger partial charge < -0.3 is 25.2 Å². The van der Waals surface area contributed by atoms with Gasteiger partial charge in [0.15, 0.2) is 0 Å². The smallest absolute Gasteiger partial charge is 0.407 e. The van der Waals surface area contributed by atoms with Crippen molar-refractivity contribution in [3.8, 4) is 0 Å². The number of rotatable bonds is 8. The van der Waals surface area contributed by atoms with Gasteiger partial charge in [-0.1, -0.05) is 30.3 Å². The highest BCUT2D eigenvalue weighted by Gasteiger charge is 2.14. The first kappa shape index (κ1) is 21.6. The number of hydrogen-bond donors (Lipinski definition) is 2. The van der Waals surface area contributed by atoms with E-state index in [4.69, 9.17) is 4.74 Å². The van der Waals surface area contributed by atoms with Crippen molar-refractivity contribution in [3.05, 3.63) is 60.2 Å². The lowest BCUT2D eigenvalue weighted by Crippen LogP contribution is -2.44. The fraction of sp³-hybridized carbons (Fsp3) is 0.391. The average molecular weight is 411 g/mol. The molecule has 0 aromatic heterocycles. The topological polar surface area (TPSA) is 73.9 Å². The Kier molecular flexibility index (Phi) is 8.09. The van der Waals surface area contributed by atoms with Crippen LogP contribution in [0.5, 0.6) is 0 Å². The molecule has 0 unspecified atom stereocenters. The molecule has 3 rings (SSSR count). The lowest BCUT2D eigenvalue weighted by molar-refractivity contribution is -0.116. The van der Waals surface area contributed by atoms with Gasteiger partial charge in [0, 0.05) is 50.5 Å². The van der Waals surface area contributed by atoms with Crippen molar-refractivity contribution in [2.45, 2.75) is 19.4 Å². The molecule has 0 bridgehead atoms. The van der Waals surface area contributed by atoms with Gasteiger partial charge >= 0.3 is 6.09 Å². The van der Waals surface area contributed by atoms with Gasteiger partial charge in [0.25, 0.3) is 0 Å². The van der Waals surface area contributed by atoms with Crippen LogP contribution < -0.4 is 15.5 Å². The lowest BCUT2D eigenvalue weighted by atomic mass is 10.2. The molecule has 2 aromatic rings. The summed E-state index contributed by atoms with van der Waals surface area (Å²) >= 11 is 0. The zero-order chi connectivity index (χ0) is 21.2. The normalized spacial score (nSPS) is 14.2. The SMILES string of the molecule is CN1CCN(c2ccc(NC(=O)CCCNC(=O)OCc3ccccc3)cc2)CC1. The number of ether oxygens (including phenoxy) is 1. The zero-order valence-corrected chi connectivity index (χ0v) is 17.5. The summed E-state index contributed by atoms with van der Waals surface area (Å²) in [7, 11) is 2.14. The van der Waals surface area contributed by atoms with Crippen LogP contribution in [0, 0.1) is 0 Å². The van der Waals surface area contributed by atoms with Crippen LogP contribution in [0.25, 0.3) is 0 Å². The summed E-state index contributed by atoms with van der Waals surface area (Å²) < 4.78 is 5.14. The summed E-state index contributed by atoms with van der Waals surface area (Å²) in [5.74, 6) is -0.0678. The van der Waals surface area contributed by atoms with Crippen molar-refractivity contribution in [2.75, 3.05) is 50.0 Å². The molecule has 1 heterocycles. The van der Waals surface area contributed by atoms with Crippen LogP contribution in [0.1, 0.15) is 18.4 Å². The number of likely N-dealkylation sites (N-methyl/N-ethyl adjacent to an activating group) is 1. The van der Waals surface area contributed by atoms with Crippen LogP contribution in [0.3, 0.4) is 0 Å². The average Bonchev–Trinajstić information content (AvgIpc) is 2.77. The number of anilines is 2. The molecule has 7 heteroatoms. The monoisotopic (exact) mass is 410 g/mol. The van der Waals surface area contributed by atoms with Gasteiger partial charge in [-0.3, -0.25) is 4.79 Å². The summed E-state index contributed by atoms with van der Waals surface area (Å²) in [6.07, 6.45) is 0.406. The molecule has 2 amide bonds. The summed E-state index contributed by atoms with van der Waals surface area (Å²) in [5, 5.41) is 5.57. The second kappa shape index (κ2) is 11.2. The van der Waals surface area contributed by atoms with Crippen molar-refractivity contribution in [1.82, 2.24) is 10.2 Å². The van der Waals surface area contributed by atoms with Gasteiger partial charge in [-0.25, -0.2) is 4.79 Å². The molecule has 1 fully saturated rings. The summed E-state index contributed by atoms with van der Waals surface area (Å²) in [4.78, 5) is 28.5. The number of carbonyl (C=O) groups excluding carboxylic acids is 2. The van der Waals surface area contributed by atoms with Crippen LogP contribution in [-0.2, 0) is 16.1 Å². The van der Waals surface area contributed by atoms with Crippen LogP contribution in [0.2, 0.25) is 0 Å². The molecule has 1 saturated heterocycles. The van der Waals surface area contributed by atoms with E-state index in [1.54, 1.807) is 0 Å². The predicted molar refractivity (Wildman–Crippen MR) is 119 cm³/mol. The maximum Gasteiger partial charge on any atom is 0.407 e. The van der Waals surface area contributed by atoms with Crippen molar-refractivity contribution in [2.24, 2.45) is 0 Å². The van der Waals surface area contributed by atoms with Crippen molar-refractivity contribution >= 4 is 23.4 Å². The molecule has 7 nitrogen and oxygen atoms in total. The number of nitrogens with one attached hydrogen (secondary N) is 2. The first-order chi connectivity index (χ1) is 14.6. The molecular formula is C23H30N4O3. The lowest BCUT2D eigenvalue weighted by Gasteiger charge is -2.34. The van der Waals surface area contributed by atoms with Crippen LogP contribution >= 0.6 is 0 Å². The second-order valence-corrected chi connectivity index (χ2v) is 7.48. The van der Waals surface area contributed by atoms with E-state index in [0.29, 0.717) is 19.4 Å². The van der Waals surface area contributed by atoms with Gasteiger partial charge in [-0.2, -0.15) is 0 Å². The van der Waals surface area contributed by atoms with Gasteiger partial charge in [0.1, 0.15) is 6.61 Å². The molecule has 1 aliphatic rings. The molecule has 0 atom stereocenters. The Balaban J connectivity index is 1.30. The first-order valence-corrected chi connectivity index (χ1v) is 10.4. The third-order valence-electron chi connectivity index (χ3n) is 5.08.